The molecule has 3 rings (SSSR count). The van der Waals surface area contributed by atoms with Crippen LogP contribution in [0.5, 0.6) is 0 Å². The number of nitrogens with one attached hydrogen (secondary N) is 1. The molecule has 2 aromatic carbocycles. The fourth-order valence-corrected chi connectivity index (χ4v) is 4.64. The van der Waals surface area contributed by atoms with Gasteiger partial charge in [-0.15, -0.1) is 0 Å². The number of carbonyl (C=O) groups excluding carboxylic acids is 2. The molecule has 1 aliphatic heterocycles. The Morgan fingerprint density at radius 3 is 2.55 bits per heavy atom. The zero-order chi connectivity index (χ0) is 22.4. The van der Waals surface area contributed by atoms with E-state index in [1.54, 1.807) is 23.1 Å². The van der Waals surface area contributed by atoms with Crippen LogP contribution in [0.2, 0.25) is 10.0 Å². The van der Waals surface area contributed by atoms with Gasteiger partial charge in [-0.2, -0.15) is 0 Å². The van der Waals surface area contributed by atoms with Gasteiger partial charge in [-0.1, -0.05) is 83.4 Å². The first-order valence-corrected chi connectivity index (χ1v) is 11.9. The van der Waals surface area contributed by atoms with Crippen LogP contribution < -0.4 is 5.32 Å². The van der Waals surface area contributed by atoms with Crippen LogP contribution in [0.1, 0.15) is 36.8 Å². The van der Waals surface area contributed by atoms with Gasteiger partial charge in [-0.05, 0) is 49.6 Å². The zero-order valence-electron chi connectivity index (χ0n) is 17.0. The van der Waals surface area contributed by atoms with Crippen molar-refractivity contribution in [2.24, 2.45) is 0 Å². The van der Waals surface area contributed by atoms with Crippen molar-refractivity contribution in [3.05, 3.63) is 68.5 Å². The first-order chi connectivity index (χ1) is 14.8. The summed E-state index contributed by atoms with van der Waals surface area (Å²) in [5, 5.41) is 3.66. The summed E-state index contributed by atoms with van der Waals surface area (Å²) in [6.45, 7) is 2.59. The van der Waals surface area contributed by atoms with Gasteiger partial charge >= 0.3 is 0 Å². The zero-order valence-corrected chi connectivity index (χ0v) is 20.1. The molecule has 0 aliphatic carbocycles. The van der Waals surface area contributed by atoms with E-state index in [0.717, 1.165) is 24.8 Å². The molecule has 8 heteroatoms. The summed E-state index contributed by atoms with van der Waals surface area (Å²) in [5.74, 6) is -0.127. The van der Waals surface area contributed by atoms with E-state index in [4.69, 9.17) is 35.4 Å². The highest BCUT2D eigenvalue weighted by Crippen LogP contribution is 2.33. The number of hydrogen-bond donors (Lipinski definition) is 1. The lowest BCUT2D eigenvalue weighted by Gasteiger charge is -2.14. The number of nitrogens with zero attached hydrogens (tertiary/aromatic N) is 1. The number of rotatable bonds is 8. The molecule has 0 atom stereocenters. The van der Waals surface area contributed by atoms with Crippen molar-refractivity contribution in [1.29, 1.82) is 0 Å². The van der Waals surface area contributed by atoms with E-state index in [1.165, 1.54) is 17.3 Å². The molecule has 0 spiro atoms. The Morgan fingerprint density at radius 1 is 1.10 bits per heavy atom. The molecule has 1 N–H and O–H groups in total. The fourth-order valence-electron chi connectivity index (χ4n) is 3.04. The van der Waals surface area contributed by atoms with E-state index < -0.39 is 0 Å². The highest BCUT2D eigenvalue weighted by Gasteiger charge is 2.31. The van der Waals surface area contributed by atoms with Gasteiger partial charge in [0, 0.05) is 18.7 Å². The quantitative estimate of drug-likeness (QED) is 0.253. The van der Waals surface area contributed by atoms with E-state index in [0.29, 0.717) is 37.9 Å². The molecule has 1 saturated heterocycles. The molecular weight excluding hydrogens is 471 g/mol. The van der Waals surface area contributed by atoms with E-state index in [1.807, 2.05) is 37.3 Å². The number of amides is 2. The molecule has 1 heterocycles. The van der Waals surface area contributed by atoms with Crippen molar-refractivity contribution in [2.45, 2.75) is 32.6 Å². The third-order valence-electron chi connectivity index (χ3n) is 4.74. The number of benzene rings is 2. The maximum Gasteiger partial charge on any atom is 0.266 e. The van der Waals surface area contributed by atoms with Gasteiger partial charge in [0.25, 0.3) is 5.91 Å². The van der Waals surface area contributed by atoms with Gasteiger partial charge < -0.3 is 5.32 Å². The Kier molecular flexibility index (Phi) is 8.55. The summed E-state index contributed by atoms with van der Waals surface area (Å²) in [6, 6.07) is 13.0. The Labute approximate surface area is 202 Å². The highest BCUT2D eigenvalue weighted by molar-refractivity contribution is 8.26. The van der Waals surface area contributed by atoms with Gasteiger partial charge in [0.05, 0.1) is 15.0 Å². The predicted octanol–water partition coefficient (Wildman–Crippen LogP) is 6.70. The van der Waals surface area contributed by atoms with Gasteiger partial charge in [-0.25, -0.2) is 0 Å². The van der Waals surface area contributed by atoms with Crippen molar-refractivity contribution in [2.75, 3.05) is 11.9 Å². The summed E-state index contributed by atoms with van der Waals surface area (Å²) in [5.41, 5.74) is 2.78. The standard InChI is InChI=1S/C23H22Cl2N2O2S2/c1-15-6-8-16(9-7-15)13-20-22(29)27(23(30)31-20)12-4-2-3-5-21(28)26-17-10-11-18(24)19(25)14-17/h6-11,13-14H,2-5,12H2,1H3,(H,26,28)/b20-13-. The predicted molar refractivity (Wildman–Crippen MR) is 135 cm³/mol. The largest absolute Gasteiger partial charge is 0.326 e. The minimum Gasteiger partial charge on any atom is -0.326 e. The lowest BCUT2D eigenvalue weighted by molar-refractivity contribution is -0.122. The molecular formula is C23H22Cl2N2O2S2. The van der Waals surface area contributed by atoms with Crippen LogP contribution in [0.25, 0.3) is 6.08 Å². The van der Waals surface area contributed by atoms with E-state index in [-0.39, 0.29) is 11.8 Å². The van der Waals surface area contributed by atoms with Crippen LogP contribution in [0.15, 0.2) is 47.4 Å². The van der Waals surface area contributed by atoms with Gasteiger partial charge in [0.2, 0.25) is 5.91 Å². The average Bonchev–Trinajstić information content (AvgIpc) is 2.99. The summed E-state index contributed by atoms with van der Waals surface area (Å²) >= 11 is 18.6. The van der Waals surface area contributed by atoms with Crippen molar-refractivity contribution in [3.8, 4) is 0 Å². The van der Waals surface area contributed by atoms with Crippen LogP contribution in [0, 0.1) is 6.92 Å². The van der Waals surface area contributed by atoms with Gasteiger partial charge in [0.1, 0.15) is 4.32 Å². The minimum atomic E-state index is -0.0787. The molecule has 2 amide bonds. The third kappa shape index (κ3) is 6.81. The summed E-state index contributed by atoms with van der Waals surface area (Å²) in [6.07, 6.45) is 4.60. The van der Waals surface area contributed by atoms with Crippen LogP contribution >= 0.6 is 47.2 Å². The average molecular weight is 493 g/mol. The maximum absolute atomic E-state index is 12.7. The molecule has 0 unspecified atom stereocenters. The summed E-state index contributed by atoms with van der Waals surface area (Å²) < 4.78 is 0.584. The topological polar surface area (TPSA) is 49.4 Å². The Bertz CT molecular complexity index is 1020. The van der Waals surface area contributed by atoms with E-state index >= 15 is 0 Å². The number of aryl methyl sites for hydroxylation is 1. The molecule has 0 saturated carbocycles. The second-order valence-corrected chi connectivity index (χ2v) is 9.72. The number of thioether (sulfide) groups is 1. The maximum atomic E-state index is 12.7. The number of anilines is 1. The molecule has 1 fully saturated rings. The second-order valence-electron chi connectivity index (χ2n) is 7.23. The SMILES string of the molecule is Cc1ccc(/C=C2\SC(=S)N(CCCCCC(=O)Nc3ccc(Cl)c(Cl)c3)C2=O)cc1. The van der Waals surface area contributed by atoms with Crippen molar-refractivity contribution >= 4 is 75.1 Å². The molecule has 0 radical (unpaired) electrons. The van der Waals surface area contributed by atoms with Crippen LogP contribution in [-0.2, 0) is 9.59 Å². The molecule has 1 aliphatic rings. The summed E-state index contributed by atoms with van der Waals surface area (Å²) in [7, 11) is 0. The fraction of sp³-hybridized carbons (Fsp3) is 0.261. The van der Waals surface area contributed by atoms with Crippen molar-refractivity contribution in [3.63, 3.8) is 0 Å². The normalized spacial score (nSPS) is 15.1. The minimum absolute atomic E-state index is 0.0482. The van der Waals surface area contributed by atoms with Gasteiger partial charge in [-0.3, -0.25) is 14.5 Å². The number of unbranched alkanes of at least 4 members (excludes halogenated alkanes) is 2. The van der Waals surface area contributed by atoms with Crippen molar-refractivity contribution < 1.29 is 9.59 Å². The van der Waals surface area contributed by atoms with E-state index in [9.17, 15) is 9.59 Å². The Morgan fingerprint density at radius 2 is 1.84 bits per heavy atom. The molecule has 2 aromatic rings. The lowest BCUT2D eigenvalue weighted by atomic mass is 10.1. The smallest absolute Gasteiger partial charge is 0.266 e. The van der Waals surface area contributed by atoms with Crippen molar-refractivity contribution in [1.82, 2.24) is 4.90 Å². The first kappa shape index (κ1) is 23.8. The number of halogens is 2. The molecule has 162 valence electrons. The molecule has 0 bridgehead atoms. The monoisotopic (exact) mass is 492 g/mol. The number of thiocarbonyl (C=S) groups is 1. The van der Waals surface area contributed by atoms with Crippen LogP contribution in [-0.4, -0.2) is 27.6 Å². The Balaban J connectivity index is 1.41. The second kappa shape index (κ2) is 11.1. The molecule has 4 nitrogen and oxygen atoms in total. The van der Waals surface area contributed by atoms with Crippen LogP contribution in [0.4, 0.5) is 5.69 Å². The first-order valence-electron chi connectivity index (χ1n) is 9.90. The lowest BCUT2D eigenvalue weighted by Crippen LogP contribution is -2.29. The Hall–Kier alpha value is -1.86. The van der Waals surface area contributed by atoms with E-state index in [2.05, 4.69) is 5.32 Å². The van der Waals surface area contributed by atoms with Crippen LogP contribution in [0.3, 0.4) is 0 Å². The molecule has 31 heavy (non-hydrogen) atoms. The van der Waals surface area contributed by atoms with Gasteiger partial charge in [0.15, 0.2) is 0 Å². The summed E-state index contributed by atoms with van der Waals surface area (Å²) in [4.78, 5) is 27.1. The number of carbonyl (C=O) groups is 2. The third-order valence-corrected chi connectivity index (χ3v) is 6.85. The molecule has 0 aromatic heterocycles. The highest BCUT2D eigenvalue weighted by atomic mass is 35.5. The number of hydrogen-bond acceptors (Lipinski definition) is 4.